The molecular formula is C14H20N4O. The summed E-state index contributed by atoms with van der Waals surface area (Å²) in [5.74, 6) is 0.738. The van der Waals surface area contributed by atoms with Crippen LogP contribution in [0, 0.1) is 12.8 Å². The molecule has 3 rings (SSSR count). The molecule has 1 aliphatic rings. The summed E-state index contributed by atoms with van der Waals surface area (Å²) >= 11 is 0. The van der Waals surface area contributed by atoms with Crippen molar-refractivity contribution >= 4 is 5.65 Å². The molecule has 0 aromatic carbocycles. The second-order valence-electron chi connectivity index (χ2n) is 5.25. The third-order valence-corrected chi connectivity index (χ3v) is 3.57. The van der Waals surface area contributed by atoms with Crippen molar-refractivity contribution in [2.45, 2.75) is 26.3 Å². The average Bonchev–Trinajstić information content (AvgIpc) is 3.02. The molecule has 1 aliphatic heterocycles. The first-order chi connectivity index (χ1) is 9.31. The zero-order valence-electron chi connectivity index (χ0n) is 11.3. The first-order valence-corrected chi connectivity index (χ1v) is 6.90. The number of rotatable bonds is 5. The van der Waals surface area contributed by atoms with E-state index in [1.54, 1.807) is 0 Å². The van der Waals surface area contributed by atoms with Crippen LogP contribution in [0.1, 0.15) is 24.1 Å². The van der Waals surface area contributed by atoms with Crippen molar-refractivity contribution in [1.29, 1.82) is 0 Å². The van der Waals surface area contributed by atoms with Crippen LogP contribution in [0.3, 0.4) is 0 Å². The van der Waals surface area contributed by atoms with E-state index in [1.807, 2.05) is 29.9 Å². The Bertz CT molecular complexity index is 545. The van der Waals surface area contributed by atoms with Crippen molar-refractivity contribution in [3.05, 3.63) is 29.7 Å². The van der Waals surface area contributed by atoms with E-state index in [2.05, 4.69) is 15.4 Å². The summed E-state index contributed by atoms with van der Waals surface area (Å²) in [7, 11) is 0. The normalized spacial score (nSPS) is 19.3. The van der Waals surface area contributed by atoms with Crippen LogP contribution in [0.5, 0.6) is 0 Å². The Labute approximate surface area is 113 Å². The lowest BCUT2D eigenvalue weighted by molar-refractivity contribution is 0.184. The van der Waals surface area contributed by atoms with E-state index in [4.69, 9.17) is 4.74 Å². The van der Waals surface area contributed by atoms with Crippen LogP contribution in [0.2, 0.25) is 0 Å². The average molecular weight is 260 g/mol. The maximum atomic E-state index is 5.37. The maximum Gasteiger partial charge on any atom is 0.155 e. The highest BCUT2D eigenvalue weighted by Gasteiger charge is 2.14. The van der Waals surface area contributed by atoms with Crippen LogP contribution < -0.4 is 5.32 Å². The number of nitrogens with zero attached hydrogens (tertiary/aromatic N) is 3. The molecule has 1 atom stereocenters. The van der Waals surface area contributed by atoms with E-state index in [0.29, 0.717) is 0 Å². The van der Waals surface area contributed by atoms with Gasteiger partial charge in [-0.3, -0.25) is 0 Å². The number of aryl methyl sites for hydroxylation is 1. The van der Waals surface area contributed by atoms with Gasteiger partial charge in [0.15, 0.2) is 5.65 Å². The lowest BCUT2D eigenvalue weighted by atomic mass is 10.1. The Balaban J connectivity index is 1.50. The zero-order chi connectivity index (χ0) is 13.1. The van der Waals surface area contributed by atoms with Crippen molar-refractivity contribution in [2.24, 2.45) is 5.92 Å². The van der Waals surface area contributed by atoms with Gasteiger partial charge in [-0.15, -0.1) is 0 Å². The Morgan fingerprint density at radius 1 is 1.53 bits per heavy atom. The van der Waals surface area contributed by atoms with Crippen LogP contribution in [0.15, 0.2) is 18.5 Å². The maximum absolute atomic E-state index is 5.37. The largest absolute Gasteiger partial charge is 0.381 e. The van der Waals surface area contributed by atoms with Gasteiger partial charge in [0, 0.05) is 43.8 Å². The van der Waals surface area contributed by atoms with Gasteiger partial charge >= 0.3 is 0 Å². The van der Waals surface area contributed by atoms with Crippen LogP contribution in [0.25, 0.3) is 5.65 Å². The number of ether oxygens (including phenoxy) is 1. The number of aromatic nitrogens is 3. The molecule has 1 saturated heterocycles. The van der Waals surface area contributed by atoms with Gasteiger partial charge in [0.05, 0.1) is 5.69 Å². The van der Waals surface area contributed by atoms with Crippen LogP contribution in [-0.4, -0.2) is 34.4 Å². The van der Waals surface area contributed by atoms with Crippen LogP contribution >= 0.6 is 0 Å². The number of fused-ring (bicyclic) bond motifs is 1. The molecule has 3 heterocycles. The number of nitrogens with one attached hydrogen (secondary N) is 1. The summed E-state index contributed by atoms with van der Waals surface area (Å²) in [6.45, 7) is 5.72. The molecule has 0 amide bonds. The fourth-order valence-corrected chi connectivity index (χ4v) is 2.48. The van der Waals surface area contributed by atoms with Gasteiger partial charge in [-0.25, -0.2) is 9.50 Å². The van der Waals surface area contributed by atoms with E-state index in [1.165, 1.54) is 18.4 Å². The molecule has 1 N–H and O–H groups in total. The van der Waals surface area contributed by atoms with Crippen molar-refractivity contribution in [3.8, 4) is 0 Å². The molecule has 1 unspecified atom stereocenters. The minimum absolute atomic E-state index is 0.738. The predicted molar refractivity (Wildman–Crippen MR) is 73.0 cm³/mol. The molecule has 2 aromatic heterocycles. The predicted octanol–water partition coefficient (Wildman–Crippen LogP) is 1.55. The molecule has 0 aliphatic carbocycles. The highest BCUT2D eigenvalue weighted by Crippen LogP contribution is 2.15. The van der Waals surface area contributed by atoms with Gasteiger partial charge in [0.25, 0.3) is 0 Å². The first-order valence-electron chi connectivity index (χ1n) is 6.90. The Morgan fingerprint density at radius 3 is 3.32 bits per heavy atom. The third-order valence-electron chi connectivity index (χ3n) is 3.57. The van der Waals surface area contributed by atoms with Gasteiger partial charge in [-0.05, 0) is 32.2 Å². The molecule has 2 aromatic rings. The van der Waals surface area contributed by atoms with E-state index < -0.39 is 0 Å². The first kappa shape index (κ1) is 12.6. The minimum atomic E-state index is 0.738. The third kappa shape index (κ3) is 3.11. The second kappa shape index (κ2) is 5.67. The minimum Gasteiger partial charge on any atom is -0.381 e. The highest BCUT2D eigenvalue weighted by atomic mass is 16.5. The zero-order valence-corrected chi connectivity index (χ0v) is 11.3. The highest BCUT2D eigenvalue weighted by molar-refractivity contribution is 5.38. The molecule has 102 valence electrons. The SMILES string of the molecule is Cc1cc2ncc(CNCCC3CCOC3)cn2n1. The number of hydrogen-bond acceptors (Lipinski definition) is 4. The molecule has 0 bridgehead atoms. The Morgan fingerprint density at radius 2 is 2.47 bits per heavy atom. The molecule has 0 saturated carbocycles. The van der Waals surface area contributed by atoms with E-state index in [9.17, 15) is 0 Å². The Hall–Kier alpha value is -1.46. The molecule has 1 fully saturated rings. The van der Waals surface area contributed by atoms with E-state index in [-0.39, 0.29) is 0 Å². The van der Waals surface area contributed by atoms with Gasteiger partial charge in [0.2, 0.25) is 0 Å². The van der Waals surface area contributed by atoms with Crippen LogP contribution in [-0.2, 0) is 11.3 Å². The molecule has 0 radical (unpaired) electrons. The summed E-state index contributed by atoms with van der Waals surface area (Å²) < 4.78 is 7.22. The van der Waals surface area contributed by atoms with Gasteiger partial charge < -0.3 is 10.1 Å². The monoisotopic (exact) mass is 260 g/mol. The van der Waals surface area contributed by atoms with E-state index in [0.717, 1.165) is 43.6 Å². The summed E-state index contributed by atoms with van der Waals surface area (Å²) in [6, 6.07) is 1.98. The summed E-state index contributed by atoms with van der Waals surface area (Å²) in [6.07, 6.45) is 6.36. The molecule has 5 heteroatoms. The fourth-order valence-electron chi connectivity index (χ4n) is 2.48. The molecule has 0 spiro atoms. The van der Waals surface area contributed by atoms with Crippen molar-refractivity contribution in [1.82, 2.24) is 19.9 Å². The van der Waals surface area contributed by atoms with Gasteiger partial charge in [0.1, 0.15) is 0 Å². The summed E-state index contributed by atoms with van der Waals surface area (Å²) in [5.41, 5.74) is 3.07. The standard InChI is InChI=1S/C14H20N4O/c1-11-6-14-16-8-13(9-18(14)17-11)7-15-4-2-12-3-5-19-10-12/h6,8-9,12,15H,2-5,7,10H2,1H3. The summed E-state index contributed by atoms with van der Waals surface area (Å²) in [4.78, 5) is 4.40. The van der Waals surface area contributed by atoms with E-state index >= 15 is 0 Å². The molecular weight excluding hydrogens is 240 g/mol. The van der Waals surface area contributed by atoms with Crippen molar-refractivity contribution < 1.29 is 4.74 Å². The lowest BCUT2D eigenvalue weighted by Crippen LogP contribution is -2.18. The van der Waals surface area contributed by atoms with Gasteiger partial charge in [-0.2, -0.15) is 5.10 Å². The topological polar surface area (TPSA) is 51.5 Å². The van der Waals surface area contributed by atoms with Crippen LogP contribution in [0.4, 0.5) is 0 Å². The Kier molecular flexibility index (Phi) is 3.75. The quantitative estimate of drug-likeness (QED) is 0.829. The summed E-state index contributed by atoms with van der Waals surface area (Å²) in [5, 5.41) is 7.84. The molecule has 5 nitrogen and oxygen atoms in total. The molecule has 19 heavy (non-hydrogen) atoms. The van der Waals surface area contributed by atoms with Gasteiger partial charge in [-0.1, -0.05) is 0 Å². The van der Waals surface area contributed by atoms with Crippen molar-refractivity contribution in [2.75, 3.05) is 19.8 Å². The lowest BCUT2D eigenvalue weighted by Gasteiger charge is -2.08. The second-order valence-corrected chi connectivity index (χ2v) is 5.25. The number of hydrogen-bond donors (Lipinski definition) is 1. The van der Waals surface area contributed by atoms with Crippen molar-refractivity contribution in [3.63, 3.8) is 0 Å². The fraction of sp³-hybridized carbons (Fsp3) is 0.571. The smallest absolute Gasteiger partial charge is 0.155 e.